The fourth-order valence-corrected chi connectivity index (χ4v) is 1.13. The van der Waals surface area contributed by atoms with Gasteiger partial charge in [-0.15, -0.1) is 0 Å². The third kappa shape index (κ3) is 2.23. The summed E-state index contributed by atoms with van der Waals surface area (Å²) >= 11 is 0. The summed E-state index contributed by atoms with van der Waals surface area (Å²) in [5.74, 6) is 0. The van der Waals surface area contributed by atoms with Crippen molar-refractivity contribution in [1.82, 2.24) is 9.78 Å². The molecule has 0 radical (unpaired) electrons. The van der Waals surface area contributed by atoms with Gasteiger partial charge < -0.3 is 0 Å². The summed E-state index contributed by atoms with van der Waals surface area (Å²) in [6.45, 7) is 1.92. The molecule has 0 saturated heterocycles. The van der Waals surface area contributed by atoms with Crippen molar-refractivity contribution in [1.29, 1.82) is 0 Å². The van der Waals surface area contributed by atoms with Gasteiger partial charge in [-0.2, -0.15) is 18.3 Å². The van der Waals surface area contributed by atoms with E-state index in [0.29, 0.717) is 12.1 Å². The van der Waals surface area contributed by atoms with Crippen molar-refractivity contribution in [3.63, 3.8) is 0 Å². The van der Waals surface area contributed by atoms with Gasteiger partial charge in [0.05, 0.1) is 0 Å². The molecule has 0 N–H and O–H groups in total. The molecule has 1 aromatic rings. The number of aryl methyl sites for hydroxylation is 2. The molecular weight excluding hydrogens is 181 g/mol. The van der Waals surface area contributed by atoms with Gasteiger partial charge in [0.25, 0.3) is 0 Å². The van der Waals surface area contributed by atoms with Crippen LogP contribution in [-0.4, -0.2) is 9.78 Å². The van der Waals surface area contributed by atoms with Gasteiger partial charge in [-0.05, 0) is 12.5 Å². The largest absolute Gasteiger partial charge is 0.435 e. The fourth-order valence-electron chi connectivity index (χ4n) is 1.13. The Morgan fingerprint density at radius 2 is 2.08 bits per heavy atom. The van der Waals surface area contributed by atoms with Crippen LogP contribution in [0, 0.1) is 0 Å². The molecular formula is C8H11F3N2. The molecule has 0 aromatic carbocycles. The van der Waals surface area contributed by atoms with E-state index in [-0.39, 0.29) is 0 Å². The highest BCUT2D eigenvalue weighted by Gasteiger charge is 2.34. The van der Waals surface area contributed by atoms with Crippen LogP contribution in [0.15, 0.2) is 6.07 Å². The molecule has 1 heterocycles. The van der Waals surface area contributed by atoms with Crippen molar-refractivity contribution in [2.24, 2.45) is 7.05 Å². The van der Waals surface area contributed by atoms with Crippen molar-refractivity contribution in [2.75, 3.05) is 0 Å². The molecule has 1 aromatic heterocycles. The molecule has 0 unspecified atom stereocenters. The number of hydrogen-bond donors (Lipinski definition) is 0. The smallest absolute Gasteiger partial charge is 0.272 e. The van der Waals surface area contributed by atoms with E-state index in [1.165, 1.54) is 11.7 Å². The summed E-state index contributed by atoms with van der Waals surface area (Å²) in [6.07, 6.45) is -2.89. The Morgan fingerprint density at radius 3 is 2.46 bits per heavy atom. The minimum atomic E-state index is -4.33. The Balaban J connectivity index is 2.95. The topological polar surface area (TPSA) is 17.8 Å². The molecule has 0 atom stereocenters. The number of rotatable bonds is 2. The number of aromatic nitrogens is 2. The van der Waals surface area contributed by atoms with Crippen LogP contribution in [0.4, 0.5) is 13.2 Å². The fraction of sp³-hybridized carbons (Fsp3) is 0.625. The highest BCUT2D eigenvalue weighted by atomic mass is 19.4. The van der Waals surface area contributed by atoms with E-state index in [1.807, 2.05) is 6.92 Å². The monoisotopic (exact) mass is 192 g/mol. The standard InChI is InChI=1S/C8H11F3N2/c1-3-4-6-5-7(8(9,10)11)12-13(6)2/h5H,3-4H2,1-2H3. The molecule has 5 heteroatoms. The third-order valence-corrected chi connectivity index (χ3v) is 1.77. The van der Waals surface area contributed by atoms with E-state index in [0.717, 1.165) is 12.5 Å². The maximum atomic E-state index is 12.1. The second kappa shape index (κ2) is 3.40. The van der Waals surface area contributed by atoms with Crippen LogP contribution in [0.2, 0.25) is 0 Å². The molecule has 13 heavy (non-hydrogen) atoms. The molecule has 0 aliphatic heterocycles. The molecule has 0 fully saturated rings. The Kier molecular flexibility index (Phi) is 2.63. The minimum Gasteiger partial charge on any atom is -0.272 e. The lowest BCUT2D eigenvalue weighted by molar-refractivity contribution is -0.141. The van der Waals surface area contributed by atoms with Gasteiger partial charge in [0.15, 0.2) is 5.69 Å². The van der Waals surface area contributed by atoms with Crippen LogP contribution in [0.25, 0.3) is 0 Å². The van der Waals surface area contributed by atoms with E-state index in [2.05, 4.69) is 5.10 Å². The molecule has 0 amide bonds. The Hall–Kier alpha value is -1.00. The Labute approximate surface area is 74.4 Å². The normalized spacial score (nSPS) is 12.1. The predicted octanol–water partition coefficient (Wildman–Crippen LogP) is 2.39. The zero-order valence-electron chi connectivity index (χ0n) is 7.52. The third-order valence-electron chi connectivity index (χ3n) is 1.77. The lowest BCUT2D eigenvalue weighted by Gasteiger charge is -1.99. The molecule has 74 valence electrons. The van der Waals surface area contributed by atoms with Gasteiger partial charge in [0.2, 0.25) is 0 Å². The second-order valence-electron chi connectivity index (χ2n) is 2.89. The molecule has 1 rings (SSSR count). The first-order valence-electron chi connectivity index (χ1n) is 4.05. The van der Waals surface area contributed by atoms with Crippen LogP contribution in [0.1, 0.15) is 24.7 Å². The summed E-state index contributed by atoms with van der Waals surface area (Å²) in [5.41, 5.74) is -0.187. The first-order valence-corrected chi connectivity index (χ1v) is 4.05. The zero-order chi connectivity index (χ0) is 10.1. The second-order valence-corrected chi connectivity index (χ2v) is 2.89. The quantitative estimate of drug-likeness (QED) is 0.703. The first-order chi connectivity index (χ1) is 5.95. The average molecular weight is 192 g/mol. The van der Waals surface area contributed by atoms with Gasteiger partial charge in [0.1, 0.15) is 0 Å². The minimum absolute atomic E-state index is 0.620. The lowest BCUT2D eigenvalue weighted by atomic mass is 10.2. The highest BCUT2D eigenvalue weighted by Crippen LogP contribution is 2.28. The number of alkyl halides is 3. The summed E-state index contributed by atoms with van der Waals surface area (Å²) in [5, 5.41) is 3.39. The van der Waals surface area contributed by atoms with Crippen LogP contribution in [0.3, 0.4) is 0 Å². The van der Waals surface area contributed by atoms with Gasteiger partial charge in [-0.3, -0.25) is 4.68 Å². The summed E-state index contributed by atoms with van der Waals surface area (Å²) in [4.78, 5) is 0. The van der Waals surface area contributed by atoms with Crippen LogP contribution in [-0.2, 0) is 19.6 Å². The lowest BCUT2D eigenvalue weighted by Crippen LogP contribution is -2.06. The van der Waals surface area contributed by atoms with E-state index < -0.39 is 11.9 Å². The van der Waals surface area contributed by atoms with E-state index >= 15 is 0 Å². The number of hydrogen-bond acceptors (Lipinski definition) is 1. The van der Waals surface area contributed by atoms with Crippen molar-refractivity contribution >= 4 is 0 Å². The average Bonchev–Trinajstić information content (AvgIpc) is 2.32. The molecule has 0 saturated carbocycles. The van der Waals surface area contributed by atoms with Crippen molar-refractivity contribution < 1.29 is 13.2 Å². The SMILES string of the molecule is CCCc1cc(C(F)(F)F)nn1C. The predicted molar refractivity (Wildman–Crippen MR) is 42.2 cm³/mol. The number of nitrogens with zero attached hydrogens (tertiary/aromatic N) is 2. The van der Waals surface area contributed by atoms with Gasteiger partial charge in [-0.1, -0.05) is 13.3 Å². The summed E-state index contributed by atoms with van der Waals surface area (Å²) in [6, 6.07) is 1.10. The summed E-state index contributed by atoms with van der Waals surface area (Å²) < 4.78 is 37.7. The highest BCUT2D eigenvalue weighted by molar-refractivity contribution is 5.13. The molecule has 0 aliphatic rings. The van der Waals surface area contributed by atoms with Crippen molar-refractivity contribution in [2.45, 2.75) is 25.9 Å². The Bertz CT molecular complexity index is 288. The maximum absolute atomic E-state index is 12.1. The van der Waals surface area contributed by atoms with Crippen LogP contribution < -0.4 is 0 Å². The van der Waals surface area contributed by atoms with Crippen LogP contribution in [0.5, 0.6) is 0 Å². The summed E-state index contributed by atoms with van der Waals surface area (Å²) in [7, 11) is 1.53. The van der Waals surface area contributed by atoms with Gasteiger partial charge >= 0.3 is 6.18 Å². The Morgan fingerprint density at radius 1 is 1.46 bits per heavy atom. The van der Waals surface area contributed by atoms with Gasteiger partial charge in [-0.25, -0.2) is 0 Å². The maximum Gasteiger partial charge on any atom is 0.435 e. The molecule has 0 spiro atoms. The molecule has 0 bridgehead atoms. The number of halogens is 3. The van der Waals surface area contributed by atoms with Crippen LogP contribution >= 0.6 is 0 Å². The van der Waals surface area contributed by atoms with E-state index in [4.69, 9.17) is 0 Å². The van der Waals surface area contributed by atoms with E-state index in [1.54, 1.807) is 0 Å². The van der Waals surface area contributed by atoms with Crippen molar-refractivity contribution in [3.8, 4) is 0 Å². The first kappa shape index (κ1) is 10.1. The molecule has 0 aliphatic carbocycles. The van der Waals surface area contributed by atoms with Crippen molar-refractivity contribution in [3.05, 3.63) is 17.5 Å². The molecule has 2 nitrogen and oxygen atoms in total. The zero-order valence-corrected chi connectivity index (χ0v) is 7.52. The van der Waals surface area contributed by atoms with E-state index in [9.17, 15) is 13.2 Å². The van der Waals surface area contributed by atoms with Gasteiger partial charge in [0, 0.05) is 12.7 Å².